The maximum Gasteiger partial charge on any atom is 0.343 e. The van der Waals surface area contributed by atoms with Crippen molar-refractivity contribution in [1.29, 1.82) is 0 Å². The number of para-hydroxylation sites is 1. The molecule has 0 bridgehead atoms. The molecule has 2 amide bonds. The molecule has 0 saturated heterocycles. The lowest BCUT2D eigenvalue weighted by Gasteiger charge is -2.36. The summed E-state index contributed by atoms with van der Waals surface area (Å²) in [5.74, 6) is -1.87. The fourth-order valence-electron chi connectivity index (χ4n) is 3.33. The summed E-state index contributed by atoms with van der Waals surface area (Å²) in [5, 5.41) is 0. The first-order valence-electron chi connectivity index (χ1n) is 8.75. The zero-order valence-corrected chi connectivity index (χ0v) is 16.2. The quantitative estimate of drug-likeness (QED) is 0.629. The van der Waals surface area contributed by atoms with Gasteiger partial charge in [-0.2, -0.15) is 4.31 Å². The summed E-state index contributed by atoms with van der Waals surface area (Å²) in [6.45, 7) is 1.97. The van der Waals surface area contributed by atoms with Gasteiger partial charge in [-0.1, -0.05) is 42.0 Å². The van der Waals surface area contributed by atoms with Crippen molar-refractivity contribution in [3.63, 3.8) is 0 Å². The number of sulfonamides is 1. The molecule has 3 aromatic carbocycles. The largest absolute Gasteiger partial charge is 0.343 e. The van der Waals surface area contributed by atoms with Crippen LogP contribution in [0.5, 0.6) is 0 Å². The molecule has 0 aromatic heterocycles. The fraction of sp³-hybridized carbons (Fsp3) is 0.0952. The fourth-order valence-corrected chi connectivity index (χ4v) is 4.92. The first-order chi connectivity index (χ1) is 13.8. The number of urea groups is 1. The first kappa shape index (κ1) is 19.1. The Morgan fingerprint density at radius 3 is 2.41 bits per heavy atom. The Hall–Kier alpha value is -3.26. The van der Waals surface area contributed by atoms with E-state index in [2.05, 4.69) is 0 Å². The predicted octanol–water partition coefficient (Wildman–Crippen LogP) is 4.61. The highest BCUT2D eigenvalue weighted by Crippen LogP contribution is 2.38. The van der Waals surface area contributed by atoms with E-state index in [1.54, 1.807) is 12.1 Å². The number of halogens is 2. The standard InChI is InChI=1S/C21H16F2N2O3S/c1-14-5-4-6-15(11-14)13-24-18-7-2-3-8-20(18)29(27,28)25(21(24)26)19-12-16(22)9-10-17(19)23/h2-12H,13H2,1H3. The highest BCUT2D eigenvalue weighted by molar-refractivity contribution is 7.94. The monoisotopic (exact) mass is 414 g/mol. The number of hydrogen-bond acceptors (Lipinski definition) is 3. The van der Waals surface area contributed by atoms with Gasteiger partial charge in [0.1, 0.15) is 22.2 Å². The normalized spacial score (nSPS) is 15.3. The van der Waals surface area contributed by atoms with Crippen LogP contribution in [0.3, 0.4) is 0 Å². The average molecular weight is 414 g/mol. The van der Waals surface area contributed by atoms with Gasteiger partial charge in [-0.25, -0.2) is 22.0 Å². The van der Waals surface area contributed by atoms with Crippen LogP contribution in [0.4, 0.5) is 25.0 Å². The lowest BCUT2D eigenvalue weighted by molar-refractivity contribution is 0.253. The maximum atomic E-state index is 14.4. The molecule has 0 N–H and O–H groups in total. The van der Waals surface area contributed by atoms with Crippen LogP contribution in [0.25, 0.3) is 0 Å². The van der Waals surface area contributed by atoms with Crippen molar-refractivity contribution in [2.24, 2.45) is 0 Å². The van der Waals surface area contributed by atoms with E-state index in [9.17, 15) is 22.0 Å². The van der Waals surface area contributed by atoms with Crippen molar-refractivity contribution >= 4 is 27.4 Å². The Balaban J connectivity index is 1.90. The van der Waals surface area contributed by atoms with E-state index < -0.39 is 33.4 Å². The average Bonchev–Trinajstić information content (AvgIpc) is 2.68. The third-order valence-electron chi connectivity index (χ3n) is 4.63. The number of aryl methyl sites for hydroxylation is 1. The molecule has 1 heterocycles. The van der Waals surface area contributed by atoms with Crippen LogP contribution in [0.2, 0.25) is 0 Å². The smallest absolute Gasteiger partial charge is 0.287 e. The topological polar surface area (TPSA) is 57.7 Å². The van der Waals surface area contributed by atoms with Gasteiger partial charge >= 0.3 is 6.03 Å². The number of fused-ring (bicyclic) bond motifs is 1. The summed E-state index contributed by atoms with van der Waals surface area (Å²) in [4.78, 5) is 14.3. The third kappa shape index (κ3) is 3.25. The van der Waals surface area contributed by atoms with Crippen LogP contribution >= 0.6 is 0 Å². The molecule has 1 aliphatic heterocycles. The molecule has 0 atom stereocenters. The molecule has 0 radical (unpaired) electrons. The second kappa shape index (κ2) is 6.97. The Morgan fingerprint density at radius 1 is 0.897 bits per heavy atom. The highest BCUT2D eigenvalue weighted by Gasteiger charge is 2.43. The van der Waals surface area contributed by atoms with Crippen LogP contribution < -0.4 is 9.21 Å². The molecule has 148 valence electrons. The zero-order chi connectivity index (χ0) is 20.8. The molecule has 3 aromatic rings. The van der Waals surface area contributed by atoms with Crippen molar-refractivity contribution in [3.8, 4) is 0 Å². The second-order valence-corrected chi connectivity index (χ2v) is 8.45. The van der Waals surface area contributed by atoms with Crippen LogP contribution in [0.15, 0.2) is 71.6 Å². The molecule has 29 heavy (non-hydrogen) atoms. The van der Waals surface area contributed by atoms with Gasteiger partial charge in [0.2, 0.25) is 0 Å². The summed E-state index contributed by atoms with van der Waals surface area (Å²) in [6.07, 6.45) is 0. The van der Waals surface area contributed by atoms with E-state index >= 15 is 0 Å². The third-order valence-corrected chi connectivity index (χ3v) is 6.36. The van der Waals surface area contributed by atoms with E-state index in [1.165, 1.54) is 23.1 Å². The van der Waals surface area contributed by atoms with E-state index in [1.807, 2.05) is 25.1 Å². The number of nitrogens with zero attached hydrogens (tertiary/aromatic N) is 2. The second-order valence-electron chi connectivity index (χ2n) is 6.69. The number of carbonyl (C=O) groups excluding carboxylic acids is 1. The van der Waals surface area contributed by atoms with Crippen molar-refractivity contribution in [1.82, 2.24) is 0 Å². The molecule has 0 saturated carbocycles. The van der Waals surface area contributed by atoms with Crippen LogP contribution in [0, 0.1) is 18.6 Å². The predicted molar refractivity (Wildman–Crippen MR) is 105 cm³/mol. The number of amides is 2. The minimum Gasteiger partial charge on any atom is -0.287 e. The van der Waals surface area contributed by atoms with Gasteiger partial charge in [0.25, 0.3) is 10.0 Å². The number of anilines is 2. The maximum absolute atomic E-state index is 14.4. The van der Waals surface area contributed by atoms with E-state index in [-0.39, 0.29) is 17.1 Å². The number of hydrogen-bond donors (Lipinski definition) is 0. The molecule has 5 nitrogen and oxygen atoms in total. The minimum atomic E-state index is -4.42. The molecule has 0 unspecified atom stereocenters. The zero-order valence-electron chi connectivity index (χ0n) is 15.3. The van der Waals surface area contributed by atoms with Gasteiger partial charge < -0.3 is 0 Å². The lowest BCUT2D eigenvalue weighted by Crippen LogP contribution is -2.51. The molecule has 0 fully saturated rings. The summed E-state index contributed by atoms with van der Waals surface area (Å²) >= 11 is 0. The lowest BCUT2D eigenvalue weighted by atomic mass is 10.1. The number of benzene rings is 3. The van der Waals surface area contributed by atoms with Gasteiger partial charge in [-0.3, -0.25) is 4.90 Å². The SMILES string of the molecule is Cc1cccc(CN2C(=O)N(c3cc(F)ccc3F)S(=O)(=O)c3ccccc32)c1. The van der Waals surface area contributed by atoms with Crippen LogP contribution in [-0.4, -0.2) is 14.4 Å². The van der Waals surface area contributed by atoms with Crippen molar-refractivity contribution in [2.75, 3.05) is 9.21 Å². The molecule has 4 rings (SSSR count). The first-order valence-corrected chi connectivity index (χ1v) is 10.2. The molecular weight excluding hydrogens is 398 g/mol. The van der Waals surface area contributed by atoms with Gasteiger partial charge in [0.15, 0.2) is 0 Å². The van der Waals surface area contributed by atoms with Crippen molar-refractivity contribution in [2.45, 2.75) is 18.4 Å². The highest BCUT2D eigenvalue weighted by atomic mass is 32.2. The van der Waals surface area contributed by atoms with Crippen molar-refractivity contribution in [3.05, 3.63) is 89.5 Å². The Bertz CT molecular complexity index is 1230. The van der Waals surface area contributed by atoms with E-state index in [0.717, 1.165) is 23.3 Å². The van der Waals surface area contributed by atoms with Gasteiger partial charge in [0.05, 0.1) is 12.2 Å². The molecule has 1 aliphatic rings. The minimum absolute atomic E-state index is 0.0699. The molecular formula is C21H16F2N2O3S. The Kier molecular flexibility index (Phi) is 4.58. The number of carbonyl (C=O) groups is 1. The summed E-state index contributed by atoms with van der Waals surface area (Å²) in [7, 11) is -4.42. The van der Waals surface area contributed by atoms with Gasteiger partial charge in [0, 0.05) is 6.07 Å². The number of rotatable bonds is 3. The van der Waals surface area contributed by atoms with E-state index in [0.29, 0.717) is 10.4 Å². The molecule has 0 aliphatic carbocycles. The van der Waals surface area contributed by atoms with E-state index in [4.69, 9.17) is 0 Å². The molecule has 0 spiro atoms. The van der Waals surface area contributed by atoms with Crippen molar-refractivity contribution < 1.29 is 22.0 Å². The Labute approximate surface area is 166 Å². The Morgan fingerprint density at radius 2 is 1.66 bits per heavy atom. The summed E-state index contributed by atoms with van der Waals surface area (Å²) < 4.78 is 54.7. The van der Waals surface area contributed by atoms with Gasteiger partial charge in [-0.15, -0.1) is 0 Å². The van der Waals surface area contributed by atoms with Crippen LogP contribution in [0.1, 0.15) is 11.1 Å². The van der Waals surface area contributed by atoms with Gasteiger partial charge in [-0.05, 0) is 36.8 Å². The molecule has 8 heteroatoms. The van der Waals surface area contributed by atoms with Crippen LogP contribution in [-0.2, 0) is 16.6 Å². The summed E-state index contributed by atoms with van der Waals surface area (Å²) in [6, 6.07) is 14.7. The summed E-state index contributed by atoms with van der Waals surface area (Å²) in [5.41, 5.74) is 1.28.